The van der Waals surface area contributed by atoms with Gasteiger partial charge < -0.3 is 9.64 Å². The molecule has 1 aliphatic rings. The number of ether oxygens (including phenoxy) is 1. The molecular formula is C52H33NOS. The molecular weight excluding hydrogens is 687 g/mol. The lowest BCUT2D eigenvalue weighted by molar-refractivity contribution is 0.488. The largest absolute Gasteiger partial charge is 0.456 e. The highest BCUT2D eigenvalue weighted by Gasteiger charge is 2.27. The molecule has 1 aliphatic heterocycles. The Balaban J connectivity index is 1.21. The first-order valence-corrected chi connectivity index (χ1v) is 19.5. The maximum Gasteiger partial charge on any atom is 0.135 e. The molecule has 0 fully saturated rings. The van der Waals surface area contributed by atoms with E-state index in [0.29, 0.717) is 0 Å². The highest BCUT2D eigenvalue weighted by atomic mass is 32.1. The highest BCUT2D eigenvalue weighted by Crippen LogP contribution is 2.53. The standard InChI is InChI=1S/C52H33NOS/c1-3-15-34(16-4-1)36-29-30-39-41-32-31-38-40(51(41)42-20-8-11-26-47(42)54-48(39)33-36)22-13-24-45(38)53(44-23-10-7-19-37(44)35-17-5-2-6-18-35)46-25-14-28-50-52(46)43-21-9-12-27-49(43)55-50/h1-33H. The third kappa shape index (κ3) is 5.16. The summed E-state index contributed by atoms with van der Waals surface area (Å²) in [5.74, 6) is 1.71. The smallest absolute Gasteiger partial charge is 0.135 e. The van der Waals surface area contributed by atoms with Crippen LogP contribution in [0, 0.1) is 0 Å². The molecule has 2 nitrogen and oxygen atoms in total. The van der Waals surface area contributed by atoms with Crippen molar-refractivity contribution in [3.63, 3.8) is 0 Å². The van der Waals surface area contributed by atoms with Crippen molar-refractivity contribution in [3.05, 3.63) is 200 Å². The van der Waals surface area contributed by atoms with Crippen LogP contribution in [0.3, 0.4) is 0 Å². The molecule has 3 heteroatoms. The zero-order chi connectivity index (χ0) is 36.3. The zero-order valence-electron chi connectivity index (χ0n) is 29.8. The summed E-state index contributed by atoms with van der Waals surface area (Å²) in [6, 6.07) is 72.1. The molecule has 9 aromatic carbocycles. The Hall–Kier alpha value is -6.94. The van der Waals surface area contributed by atoms with E-state index >= 15 is 0 Å². The van der Waals surface area contributed by atoms with Gasteiger partial charge in [-0.2, -0.15) is 0 Å². The first kappa shape index (κ1) is 31.6. The van der Waals surface area contributed by atoms with Crippen LogP contribution in [0.15, 0.2) is 200 Å². The fourth-order valence-electron chi connectivity index (χ4n) is 8.43. The van der Waals surface area contributed by atoms with Gasteiger partial charge in [0.1, 0.15) is 11.5 Å². The average Bonchev–Trinajstić information content (AvgIpc) is 3.57. The Morgan fingerprint density at radius 1 is 0.345 bits per heavy atom. The van der Waals surface area contributed by atoms with E-state index in [1.54, 1.807) is 0 Å². The van der Waals surface area contributed by atoms with Crippen molar-refractivity contribution in [2.75, 3.05) is 4.90 Å². The number of rotatable bonds is 5. The quantitative estimate of drug-likeness (QED) is 0.176. The SMILES string of the molecule is c1ccc(-c2ccc3c(c2)Oc2ccccc2-c2c-3ccc3c(N(c4ccccc4-c4ccccc4)c4cccc5sc6ccccc6c45)cccc23)cc1. The van der Waals surface area contributed by atoms with Crippen molar-refractivity contribution in [2.24, 2.45) is 0 Å². The topological polar surface area (TPSA) is 12.5 Å². The van der Waals surface area contributed by atoms with Crippen LogP contribution in [0.1, 0.15) is 0 Å². The summed E-state index contributed by atoms with van der Waals surface area (Å²) in [7, 11) is 0. The first-order chi connectivity index (χ1) is 27.3. The van der Waals surface area contributed by atoms with Crippen molar-refractivity contribution in [2.45, 2.75) is 0 Å². The lowest BCUT2D eigenvalue weighted by atomic mass is 9.88. The summed E-state index contributed by atoms with van der Waals surface area (Å²) >= 11 is 1.85. The van der Waals surface area contributed by atoms with Crippen LogP contribution in [0.2, 0.25) is 0 Å². The van der Waals surface area contributed by atoms with Gasteiger partial charge in [-0.1, -0.05) is 152 Å². The van der Waals surface area contributed by atoms with Gasteiger partial charge in [0.25, 0.3) is 0 Å². The van der Waals surface area contributed by atoms with Crippen LogP contribution >= 0.6 is 11.3 Å². The minimum absolute atomic E-state index is 0.853. The van der Waals surface area contributed by atoms with Gasteiger partial charge in [0.05, 0.1) is 17.1 Å². The van der Waals surface area contributed by atoms with Crippen LogP contribution < -0.4 is 9.64 Å². The first-order valence-electron chi connectivity index (χ1n) is 18.7. The molecule has 2 heterocycles. The van der Waals surface area contributed by atoms with Gasteiger partial charge in [-0.3, -0.25) is 0 Å². The third-order valence-corrected chi connectivity index (χ3v) is 12.0. The number of anilines is 3. The second-order valence-corrected chi connectivity index (χ2v) is 15.1. The number of para-hydroxylation sites is 2. The number of benzene rings is 9. The van der Waals surface area contributed by atoms with Gasteiger partial charge >= 0.3 is 0 Å². The molecule has 10 aromatic rings. The molecule has 258 valence electrons. The lowest BCUT2D eigenvalue weighted by Gasteiger charge is -2.30. The van der Waals surface area contributed by atoms with Gasteiger partial charge in [0.15, 0.2) is 0 Å². The maximum atomic E-state index is 6.85. The molecule has 0 unspecified atom stereocenters. The lowest BCUT2D eigenvalue weighted by Crippen LogP contribution is -2.12. The van der Waals surface area contributed by atoms with E-state index in [0.717, 1.165) is 50.8 Å². The number of hydrogen-bond donors (Lipinski definition) is 0. The van der Waals surface area contributed by atoms with Gasteiger partial charge in [0.2, 0.25) is 0 Å². The monoisotopic (exact) mass is 719 g/mol. The Morgan fingerprint density at radius 3 is 1.85 bits per heavy atom. The Bertz CT molecular complexity index is 3070. The van der Waals surface area contributed by atoms with Crippen LogP contribution in [-0.4, -0.2) is 0 Å². The van der Waals surface area contributed by atoms with E-state index in [2.05, 4.69) is 205 Å². The predicted octanol–water partition coefficient (Wildman–Crippen LogP) is 15.5. The molecule has 0 amide bonds. The minimum atomic E-state index is 0.853. The Labute approximate surface area is 323 Å². The fraction of sp³-hybridized carbons (Fsp3) is 0. The summed E-state index contributed by atoms with van der Waals surface area (Å²) < 4.78 is 9.41. The molecule has 0 bridgehead atoms. The maximum absolute atomic E-state index is 6.85. The Kier molecular flexibility index (Phi) is 7.39. The van der Waals surface area contributed by atoms with Crippen LogP contribution in [0.25, 0.3) is 75.5 Å². The van der Waals surface area contributed by atoms with Crippen molar-refractivity contribution >= 4 is 59.3 Å². The van der Waals surface area contributed by atoms with Crippen LogP contribution in [-0.2, 0) is 0 Å². The summed E-state index contributed by atoms with van der Waals surface area (Å²) in [6.45, 7) is 0. The molecule has 1 aromatic heterocycles. The van der Waals surface area contributed by atoms with Crippen LogP contribution in [0.4, 0.5) is 17.1 Å². The minimum Gasteiger partial charge on any atom is -0.456 e. The van der Waals surface area contributed by atoms with Crippen molar-refractivity contribution in [3.8, 4) is 56.0 Å². The van der Waals surface area contributed by atoms with E-state index in [9.17, 15) is 0 Å². The van der Waals surface area contributed by atoms with Gasteiger partial charge in [0, 0.05) is 47.8 Å². The molecule has 0 saturated heterocycles. The molecule has 0 aliphatic carbocycles. The van der Waals surface area contributed by atoms with E-state index in [1.165, 1.54) is 53.2 Å². The molecule has 0 N–H and O–H groups in total. The molecule has 11 rings (SSSR count). The van der Waals surface area contributed by atoms with Crippen LogP contribution in [0.5, 0.6) is 11.5 Å². The second kappa shape index (κ2) is 12.9. The molecule has 0 radical (unpaired) electrons. The number of fused-ring (bicyclic) bond motifs is 10. The van der Waals surface area contributed by atoms with Crippen molar-refractivity contribution in [1.82, 2.24) is 0 Å². The number of nitrogens with zero attached hydrogens (tertiary/aromatic N) is 1. The second-order valence-electron chi connectivity index (χ2n) is 14.0. The van der Waals surface area contributed by atoms with E-state index in [1.807, 2.05) is 11.3 Å². The number of thiophene rings is 1. The summed E-state index contributed by atoms with van der Waals surface area (Å²) in [5.41, 5.74) is 12.6. The summed E-state index contributed by atoms with van der Waals surface area (Å²) in [5, 5.41) is 4.88. The van der Waals surface area contributed by atoms with Crippen molar-refractivity contribution in [1.29, 1.82) is 0 Å². The summed E-state index contributed by atoms with van der Waals surface area (Å²) in [6.07, 6.45) is 0. The van der Waals surface area contributed by atoms with E-state index in [-0.39, 0.29) is 0 Å². The highest BCUT2D eigenvalue weighted by molar-refractivity contribution is 7.26. The molecule has 0 atom stereocenters. The van der Waals surface area contributed by atoms with Gasteiger partial charge in [-0.25, -0.2) is 0 Å². The third-order valence-electron chi connectivity index (χ3n) is 10.9. The van der Waals surface area contributed by atoms with Crippen molar-refractivity contribution < 1.29 is 4.74 Å². The van der Waals surface area contributed by atoms with E-state index < -0.39 is 0 Å². The Morgan fingerprint density at radius 2 is 0.982 bits per heavy atom. The number of hydrogen-bond acceptors (Lipinski definition) is 3. The van der Waals surface area contributed by atoms with E-state index in [4.69, 9.17) is 4.74 Å². The average molecular weight is 720 g/mol. The predicted molar refractivity (Wildman–Crippen MR) is 233 cm³/mol. The van der Waals surface area contributed by atoms with Gasteiger partial charge in [-0.15, -0.1) is 11.3 Å². The zero-order valence-corrected chi connectivity index (χ0v) is 30.6. The summed E-state index contributed by atoms with van der Waals surface area (Å²) in [4.78, 5) is 2.50. The van der Waals surface area contributed by atoms with Gasteiger partial charge in [-0.05, 0) is 76.2 Å². The molecule has 55 heavy (non-hydrogen) atoms. The fourth-order valence-corrected chi connectivity index (χ4v) is 9.56. The molecule has 0 saturated carbocycles. The molecule has 0 spiro atoms. The normalized spacial score (nSPS) is 11.8.